The van der Waals surface area contributed by atoms with E-state index in [4.69, 9.17) is 4.74 Å². The summed E-state index contributed by atoms with van der Waals surface area (Å²) >= 11 is 0. The molecule has 3 aliphatic carbocycles. The first kappa shape index (κ1) is 15.8. The van der Waals surface area contributed by atoms with Crippen LogP contribution in [-0.4, -0.2) is 23.2 Å². The summed E-state index contributed by atoms with van der Waals surface area (Å²) in [6.07, 6.45) is 1.99. The second-order valence-corrected chi connectivity index (χ2v) is 7.39. The maximum absolute atomic E-state index is 12.0. The Labute approximate surface area is 136 Å². The molecule has 124 valence electrons. The van der Waals surface area contributed by atoms with Crippen LogP contribution in [0.2, 0.25) is 0 Å². The Morgan fingerprint density at radius 3 is 2.30 bits per heavy atom. The average molecular weight is 317 g/mol. The normalized spacial score (nSPS) is 29.2. The lowest BCUT2D eigenvalue weighted by atomic mass is 9.30. The van der Waals surface area contributed by atoms with Crippen molar-refractivity contribution in [1.29, 1.82) is 0 Å². The summed E-state index contributed by atoms with van der Waals surface area (Å²) in [6.45, 7) is 4.50. The molecule has 23 heavy (non-hydrogen) atoms. The Hall–Kier alpha value is -2.04. The molecular weight excluding hydrogens is 294 g/mol. The highest BCUT2D eigenvalue weighted by molar-refractivity contribution is 5.81. The summed E-state index contributed by atoms with van der Waals surface area (Å²) in [5, 5.41) is 12.0. The van der Waals surface area contributed by atoms with Gasteiger partial charge in [0.05, 0.1) is 0 Å². The van der Waals surface area contributed by atoms with E-state index in [2.05, 4.69) is 19.2 Å². The molecule has 3 fully saturated rings. The fourth-order valence-electron chi connectivity index (χ4n) is 4.23. The summed E-state index contributed by atoms with van der Waals surface area (Å²) in [5.41, 5.74) is 0.893. The number of carboxylic acids is 1. The zero-order valence-electron chi connectivity index (χ0n) is 13.5. The van der Waals surface area contributed by atoms with Crippen LogP contribution in [0.3, 0.4) is 0 Å². The molecule has 3 aliphatic rings. The lowest BCUT2D eigenvalue weighted by Gasteiger charge is -2.74. The monoisotopic (exact) mass is 317 g/mol. The minimum absolute atomic E-state index is 0.141. The Morgan fingerprint density at radius 1 is 1.17 bits per heavy atom. The summed E-state index contributed by atoms with van der Waals surface area (Å²) in [4.78, 5) is 23.5. The first-order valence-electron chi connectivity index (χ1n) is 8.07. The van der Waals surface area contributed by atoms with Gasteiger partial charge in [-0.1, -0.05) is 44.2 Å². The third-order valence-electron chi connectivity index (χ3n) is 5.67. The Kier molecular flexibility index (Phi) is 3.82. The number of carboxylic acid groups (broad SMARTS) is 1. The molecule has 0 aliphatic heterocycles. The van der Waals surface area contributed by atoms with Crippen molar-refractivity contribution in [3.8, 4) is 0 Å². The predicted molar refractivity (Wildman–Crippen MR) is 84.7 cm³/mol. The van der Waals surface area contributed by atoms with Crippen molar-refractivity contribution in [2.24, 2.45) is 16.7 Å². The van der Waals surface area contributed by atoms with Gasteiger partial charge in [0.25, 0.3) is 0 Å². The van der Waals surface area contributed by atoms with Gasteiger partial charge in [-0.2, -0.15) is 0 Å². The molecule has 0 aromatic heterocycles. The van der Waals surface area contributed by atoms with Gasteiger partial charge in [0.2, 0.25) is 0 Å². The molecular formula is C18H23NO4. The number of nitrogens with one attached hydrogen (secondary N) is 1. The van der Waals surface area contributed by atoms with Crippen LogP contribution in [0.15, 0.2) is 30.3 Å². The number of rotatable bonds is 6. The standard InChI is InChI=1S/C18H23NO4/c1-12(2)17-9-18(10-17,11-17)14(15(20)21)19-16(22)23-8-13-6-4-3-5-7-13/h3-7,12,14H,8-11H2,1-2H3,(H,19,22)(H,20,21). The van der Waals surface area contributed by atoms with Gasteiger partial charge >= 0.3 is 12.1 Å². The number of ether oxygens (including phenoxy) is 1. The highest BCUT2D eigenvalue weighted by Crippen LogP contribution is 2.77. The van der Waals surface area contributed by atoms with E-state index in [0.29, 0.717) is 11.3 Å². The van der Waals surface area contributed by atoms with Gasteiger partial charge in [-0.15, -0.1) is 0 Å². The van der Waals surface area contributed by atoms with Gasteiger partial charge in [0.1, 0.15) is 12.6 Å². The molecule has 1 amide bonds. The van der Waals surface area contributed by atoms with Crippen molar-refractivity contribution < 1.29 is 19.4 Å². The van der Waals surface area contributed by atoms with E-state index < -0.39 is 18.1 Å². The van der Waals surface area contributed by atoms with Crippen LogP contribution in [0.4, 0.5) is 4.79 Å². The zero-order chi connectivity index (χ0) is 16.7. The zero-order valence-corrected chi connectivity index (χ0v) is 13.5. The predicted octanol–water partition coefficient (Wildman–Crippen LogP) is 3.19. The topological polar surface area (TPSA) is 75.6 Å². The molecule has 5 heteroatoms. The average Bonchev–Trinajstić information content (AvgIpc) is 2.42. The van der Waals surface area contributed by atoms with E-state index in [9.17, 15) is 14.7 Å². The van der Waals surface area contributed by atoms with E-state index in [1.807, 2.05) is 30.3 Å². The molecule has 1 aromatic carbocycles. The number of carbonyl (C=O) groups is 2. The van der Waals surface area contributed by atoms with Crippen molar-refractivity contribution >= 4 is 12.1 Å². The lowest BCUT2D eigenvalue weighted by molar-refractivity contribution is -0.245. The first-order chi connectivity index (χ1) is 10.9. The van der Waals surface area contributed by atoms with E-state index >= 15 is 0 Å². The second-order valence-electron chi connectivity index (χ2n) is 7.39. The number of hydrogen-bond acceptors (Lipinski definition) is 3. The van der Waals surface area contributed by atoms with Crippen molar-refractivity contribution in [3.05, 3.63) is 35.9 Å². The molecule has 1 aromatic rings. The highest BCUT2D eigenvalue weighted by atomic mass is 16.5. The van der Waals surface area contributed by atoms with Gasteiger partial charge in [0, 0.05) is 5.41 Å². The van der Waals surface area contributed by atoms with E-state index in [-0.39, 0.29) is 12.0 Å². The van der Waals surface area contributed by atoms with Crippen molar-refractivity contribution in [3.63, 3.8) is 0 Å². The van der Waals surface area contributed by atoms with Crippen LogP contribution >= 0.6 is 0 Å². The Balaban J connectivity index is 1.55. The fourth-order valence-corrected chi connectivity index (χ4v) is 4.23. The van der Waals surface area contributed by atoms with E-state index in [0.717, 1.165) is 24.8 Å². The highest BCUT2D eigenvalue weighted by Gasteiger charge is 2.72. The van der Waals surface area contributed by atoms with Crippen LogP contribution in [-0.2, 0) is 16.1 Å². The number of carbonyl (C=O) groups excluding carboxylic acids is 1. The van der Waals surface area contributed by atoms with Gasteiger partial charge in [-0.3, -0.25) is 0 Å². The maximum atomic E-state index is 12.0. The molecule has 0 saturated heterocycles. The third kappa shape index (κ3) is 2.69. The Morgan fingerprint density at radius 2 is 1.78 bits per heavy atom. The molecule has 3 saturated carbocycles. The van der Waals surface area contributed by atoms with Gasteiger partial charge in [-0.25, -0.2) is 9.59 Å². The Bertz CT molecular complexity index is 591. The van der Waals surface area contributed by atoms with Crippen LogP contribution < -0.4 is 5.32 Å². The van der Waals surface area contributed by atoms with Gasteiger partial charge < -0.3 is 15.2 Å². The molecule has 2 bridgehead atoms. The third-order valence-corrected chi connectivity index (χ3v) is 5.67. The van der Waals surface area contributed by atoms with E-state index in [1.54, 1.807) is 0 Å². The van der Waals surface area contributed by atoms with Crippen molar-refractivity contribution in [2.75, 3.05) is 0 Å². The number of amides is 1. The molecule has 1 unspecified atom stereocenters. The maximum Gasteiger partial charge on any atom is 0.408 e. The first-order valence-corrected chi connectivity index (χ1v) is 8.07. The van der Waals surface area contributed by atoms with Crippen LogP contribution in [0.1, 0.15) is 38.7 Å². The fraction of sp³-hybridized carbons (Fsp3) is 0.556. The molecule has 0 radical (unpaired) electrons. The lowest BCUT2D eigenvalue weighted by Crippen LogP contribution is -2.73. The minimum atomic E-state index is -0.973. The number of benzene rings is 1. The SMILES string of the molecule is CC(C)C12CC(C(NC(=O)OCc3ccccc3)C(=O)O)(C1)C2. The summed E-state index contributed by atoms with van der Waals surface area (Å²) < 4.78 is 5.15. The van der Waals surface area contributed by atoms with Crippen LogP contribution in [0, 0.1) is 16.7 Å². The summed E-state index contributed by atoms with van der Waals surface area (Å²) in [5.74, 6) is -0.414. The number of alkyl carbamates (subject to hydrolysis) is 1. The smallest absolute Gasteiger partial charge is 0.408 e. The second kappa shape index (κ2) is 5.55. The molecule has 1 atom stereocenters. The van der Waals surface area contributed by atoms with Gasteiger partial charge in [-0.05, 0) is 36.2 Å². The molecule has 5 nitrogen and oxygen atoms in total. The van der Waals surface area contributed by atoms with Gasteiger partial charge in [0.15, 0.2) is 0 Å². The van der Waals surface area contributed by atoms with Crippen molar-refractivity contribution in [1.82, 2.24) is 5.32 Å². The number of hydrogen-bond donors (Lipinski definition) is 2. The number of aliphatic carboxylic acids is 1. The molecule has 0 spiro atoms. The summed E-state index contributed by atoms with van der Waals surface area (Å²) in [6, 6.07) is 8.47. The molecule has 4 rings (SSSR count). The molecule has 2 N–H and O–H groups in total. The quantitative estimate of drug-likeness (QED) is 0.845. The minimum Gasteiger partial charge on any atom is -0.480 e. The molecule has 0 heterocycles. The largest absolute Gasteiger partial charge is 0.480 e. The van der Waals surface area contributed by atoms with Crippen molar-refractivity contribution in [2.45, 2.75) is 45.8 Å². The van der Waals surface area contributed by atoms with E-state index in [1.165, 1.54) is 0 Å². The van der Waals surface area contributed by atoms with Crippen LogP contribution in [0.25, 0.3) is 0 Å². The summed E-state index contributed by atoms with van der Waals surface area (Å²) in [7, 11) is 0. The van der Waals surface area contributed by atoms with Crippen LogP contribution in [0.5, 0.6) is 0 Å².